The first kappa shape index (κ1) is 30.2. The standard InChI is InChI=1S/C31H39FN8O3S/c1-6-7-23-28-29(39-9-8-26(43-4)31(23,32)17-39)24(37-30(33)38-28)10-18(2)36-27-11-20-12-34-14-25(22(20)13-35-27)40-15-21(19(40)3)16-44(5,41)42/h6,10-14,19,21,23,26H,1,7-9,15-17H2,2-5H3,(H,35,36)(H2,33,37,38)/b18-10-/t19-,21-,23?,26?,31?/m1/s1. The third-order valence-electron chi connectivity index (χ3n) is 9.23. The van der Waals surface area contributed by atoms with Gasteiger partial charge in [0.15, 0.2) is 5.67 Å². The van der Waals surface area contributed by atoms with E-state index in [-0.39, 0.29) is 30.2 Å². The van der Waals surface area contributed by atoms with Gasteiger partial charge in [0.05, 0.1) is 47.4 Å². The van der Waals surface area contributed by atoms with Gasteiger partial charge in [0.25, 0.3) is 0 Å². The van der Waals surface area contributed by atoms with Crippen LogP contribution in [-0.2, 0) is 14.6 Å². The molecule has 0 radical (unpaired) electrons. The van der Waals surface area contributed by atoms with Crippen LogP contribution < -0.4 is 20.9 Å². The number of aromatic nitrogens is 4. The van der Waals surface area contributed by atoms with E-state index in [9.17, 15) is 8.42 Å². The summed E-state index contributed by atoms with van der Waals surface area (Å²) in [6.07, 6.45) is 10.7. The number of nitrogen functional groups attached to an aromatic ring is 1. The molecule has 13 heteroatoms. The second-order valence-corrected chi connectivity index (χ2v) is 14.5. The van der Waals surface area contributed by atoms with Crippen molar-refractivity contribution in [3.8, 4) is 0 Å². The van der Waals surface area contributed by atoms with Crippen LogP contribution in [0.2, 0.25) is 0 Å². The maximum Gasteiger partial charge on any atom is 0.220 e. The highest BCUT2D eigenvalue weighted by atomic mass is 32.2. The van der Waals surface area contributed by atoms with Gasteiger partial charge in [-0.05, 0) is 38.8 Å². The molecule has 0 aromatic carbocycles. The van der Waals surface area contributed by atoms with Gasteiger partial charge in [-0.2, -0.15) is 0 Å². The van der Waals surface area contributed by atoms with Crippen molar-refractivity contribution in [1.82, 2.24) is 19.9 Å². The molecule has 11 nitrogen and oxygen atoms in total. The fourth-order valence-electron chi connectivity index (χ4n) is 7.08. The Bertz CT molecular complexity index is 1750. The molecule has 44 heavy (non-hydrogen) atoms. The highest BCUT2D eigenvalue weighted by Gasteiger charge is 2.55. The van der Waals surface area contributed by atoms with Crippen molar-refractivity contribution in [2.75, 3.05) is 59.6 Å². The Morgan fingerprint density at radius 3 is 2.82 bits per heavy atom. The normalized spacial score (nSPS) is 26.7. The lowest BCUT2D eigenvalue weighted by Crippen LogP contribution is -2.61. The zero-order valence-electron chi connectivity index (χ0n) is 25.5. The van der Waals surface area contributed by atoms with Gasteiger partial charge in [-0.1, -0.05) is 6.08 Å². The van der Waals surface area contributed by atoms with Crippen LogP contribution in [0.3, 0.4) is 0 Å². The second kappa shape index (κ2) is 11.3. The van der Waals surface area contributed by atoms with Crippen molar-refractivity contribution in [3.05, 3.63) is 54.4 Å². The number of pyridine rings is 2. The molecular weight excluding hydrogens is 583 g/mol. The maximum absolute atomic E-state index is 16.6. The molecular formula is C31H39FN8O3S. The lowest BCUT2D eigenvalue weighted by atomic mass is 9.72. The number of anilines is 4. The smallest absolute Gasteiger partial charge is 0.220 e. The van der Waals surface area contributed by atoms with Gasteiger partial charge < -0.3 is 25.6 Å². The summed E-state index contributed by atoms with van der Waals surface area (Å²) in [5.74, 6) is 0.416. The van der Waals surface area contributed by atoms with Crippen molar-refractivity contribution in [1.29, 1.82) is 0 Å². The van der Waals surface area contributed by atoms with Gasteiger partial charge in [0, 0.05) is 73.2 Å². The maximum atomic E-state index is 16.6. The van der Waals surface area contributed by atoms with E-state index < -0.39 is 27.5 Å². The van der Waals surface area contributed by atoms with Crippen molar-refractivity contribution < 1.29 is 17.5 Å². The number of ether oxygens (including phenoxy) is 1. The molecule has 2 fully saturated rings. The Morgan fingerprint density at radius 1 is 1.32 bits per heavy atom. The Hall–Kier alpha value is -3.84. The largest absolute Gasteiger partial charge is 0.378 e. The SMILES string of the molecule is C=CCC1c2nc(N)nc(/C=C(/C)Nc3cc4cncc(N5C[C@H](CS(C)(=O)=O)[C@H]5C)c4cn3)c2N2CCC(OC)C1(F)C2. The third-order valence-corrected chi connectivity index (χ3v) is 10.3. The number of halogens is 1. The topological polar surface area (TPSA) is 139 Å². The van der Waals surface area contributed by atoms with Crippen molar-refractivity contribution in [3.63, 3.8) is 0 Å². The molecule has 6 rings (SSSR count). The number of nitrogens with one attached hydrogen (secondary N) is 1. The van der Waals surface area contributed by atoms with E-state index >= 15 is 4.39 Å². The summed E-state index contributed by atoms with van der Waals surface area (Å²) in [4.78, 5) is 22.4. The molecule has 6 heterocycles. The molecule has 3 aromatic rings. The monoisotopic (exact) mass is 622 g/mol. The van der Waals surface area contributed by atoms with Gasteiger partial charge in [0.2, 0.25) is 5.95 Å². The summed E-state index contributed by atoms with van der Waals surface area (Å²) in [5.41, 5.74) is 8.24. The molecule has 2 saturated heterocycles. The van der Waals surface area contributed by atoms with Crippen molar-refractivity contribution in [2.24, 2.45) is 5.92 Å². The van der Waals surface area contributed by atoms with Crippen LogP contribution in [-0.4, -0.2) is 84.9 Å². The van der Waals surface area contributed by atoms with Gasteiger partial charge in [-0.25, -0.2) is 27.8 Å². The van der Waals surface area contributed by atoms with Crippen LogP contribution >= 0.6 is 0 Å². The minimum atomic E-state index is -3.04. The lowest BCUT2D eigenvalue weighted by Gasteiger charge is -2.51. The lowest BCUT2D eigenvalue weighted by molar-refractivity contribution is -0.0681. The second-order valence-electron chi connectivity index (χ2n) is 12.3. The molecule has 3 aliphatic heterocycles. The van der Waals surface area contributed by atoms with Gasteiger partial charge in [-0.15, -0.1) is 6.58 Å². The number of piperidine rings is 1. The van der Waals surface area contributed by atoms with Crippen LogP contribution in [0.15, 0.2) is 43.0 Å². The zero-order chi connectivity index (χ0) is 31.4. The van der Waals surface area contributed by atoms with Crippen LogP contribution in [0, 0.1) is 5.92 Å². The fraction of sp³-hybridized carbons (Fsp3) is 0.484. The molecule has 234 valence electrons. The summed E-state index contributed by atoms with van der Waals surface area (Å²) < 4.78 is 45.7. The number of nitrogens with two attached hydrogens (primary N) is 1. The first-order chi connectivity index (χ1) is 20.9. The molecule has 0 spiro atoms. The molecule has 2 bridgehead atoms. The highest BCUT2D eigenvalue weighted by Crippen LogP contribution is 2.51. The minimum absolute atomic E-state index is 0.0806. The molecule has 0 amide bonds. The minimum Gasteiger partial charge on any atom is -0.378 e. The highest BCUT2D eigenvalue weighted by molar-refractivity contribution is 7.90. The van der Waals surface area contributed by atoms with Crippen LogP contribution in [0.5, 0.6) is 0 Å². The number of allylic oxidation sites excluding steroid dienone is 2. The average Bonchev–Trinajstić information content (AvgIpc) is 2.96. The number of hydrogen-bond donors (Lipinski definition) is 2. The fourth-order valence-corrected chi connectivity index (χ4v) is 8.24. The van der Waals surface area contributed by atoms with E-state index in [1.54, 1.807) is 25.6 Å². The van der Waals surface area contributed by atoms with E-state index in [1.807, 2.05) is 37.1 Å². The zero-order valence-corrected chi connectivity index (χ0v) is 26.3. The van der Waals surface area contributed by atoms with E-state index in [4.69, 9.17) is 10.5 Å². The molecule has 3 unspecified atom stereocenters. The number of hydrogen-bond acceptors (Lipinski definition) is 11. The Labute approximate surface area is 257 Å². The average molecular weight is 623 g/mol. The summed E-state index contributed by atoms with van der Waals surface area (Å²) in [6, 6.07) is 2.01. The number of sulfone groups is 1. The van der Waals surface area contributed by atoms with E-state index in [2.05, 4.69) is 36.7 Å². The van der Waals surface area contributed by atoms with Crippen LogP contribution in [0.4, 0.5) is 27.5 Å². The first-order valence-electron chi connectivity index (χ1n) is 14.8. The van der Waals surface area contributed by atoms with Crippen molar-refractivity contribution >= 4 is 49.8 Å². The number of fused-ring (bicyclic) bond motifs is 5. The first-order valence-corrected chi connectivity index (χ1v) is 16.9. The molecule has 0 saturated carbocycles. The van der Waals surface area contributed by atoms with E-state index in [0.717, 1.165) is 27.8 Å². The van der Waals surface area contributed by atoms with Gasteiger partial charge in [-0.3, -0.25) is 4.98 Å². The Kier molecular flexibility index (Phi) is 7.73. The van der Waals surface area contributed by atoms with E-state index in [0.29, 0.717) is 43.1 Å². The predicted molar refractivity (Wildman–Crippen MR) is 172 cm³/mol. The summed E-state index contributed by atoms with van der Waals surface area (Å²) in [7, 11) is -1.48. The van der Waals surface area contributed by atoms with Gasteiger partial charge >= 0.3 is 0 Å². The van der Waals surface area contributed by atoms with Gasteiger partial charge in [0.1, 0.15) is 15.7 Å². The molecule has 3 aliphatic rings. The summed E-state index contributed by atoms with van der Waals surface area (Å²) >= 11 is 0. The third kappa shape index (κ3) is 5.36. The van der Waals surface area contributed by atoms with Crippen LogP contribution in [0.25, 0.3) is 16.8 Å². The molecule has 3 aromatic heterocycles. The van der Waals surface area contributed by atoms with Crippen molar-refractivity contribution in [2.45, 2.75) is 50.4 Å². The molecule has 0 aliphatic carbocycles. The predicted octanol–water partition coefficient (Wildman–Crippen LogP) is 3.95. The number of nitrogens with zero attached hydrogens (tertiary/aromatic N) is 6. The van der Waals surface area contributed by atoms with Crippen LogP contribution in [0.1, 0.15) is 44.0 Å². The quantitative estimate of drug-likeness (QED) is 0.335. The van der Waals surface area contributed by atoms with E-state index in [1.165, 1.54) is 6.26 Å². The summed E-state index contributed by atoms with van der Waals surface area (Å²) in [6.45, 7) is 9.28. The Morgan fingerprint density at radius 2 is 2.11 bits per heavy atom. The molecule has 5 atom stereocenters. The summed E-state index contributed by atoms with van der Waals surface area (Å²) in [5, 5.41) is 5.20. The number of rotatable bonds is 9. The Balaban J connectivity index is 1.28. The number of alkyl halides is 1. The number of methoxy groups -OCH3 is 1. The molecule has 3 N–H and O–H groups in total.